The van der Waals surface area contributed by atoms with Crippen molar-refractivity contribution in [1.29, 1.82) is 0 Å². The zero-order chi connectivity index (χ0) is 17.5. The van der Waals surface area contributed by atoms with Gasteiger partial charge in [-0.05, 0) is 30.3 Å². The minimum Gasteiger partial charge on any atom is -0.267 e. The van der Waals surface area contributed by atoms with Gasteiger partial charge in [0.2, 0.25) is 0 Å². The summed E-state index contributed by atoms with van der Waals surface area (Å²) in [5.41, 5.74) is 3.67. The summed E-state index contributed by atoms with van der Waals surface area (Å²) in [6.07, 6.45) is 3.15. The van der Waals surface area contributed by atoms with E-state index < -0.39 is 5.91 Å². The van der Waals surface area contributed by atoms with E-state index in [-0.39, 0.29) is 10.7 Å². The fourth-order valence-corrected chi connectivity index (χ4v) is 3.21. The molecule has 0 fully saturated rings. The van der Waals surface area contributed by atoms with Crippen LogP contribution in [0.3, 0.4) is 0 Å². The number of hydrazone groups is 1. The third-order valence-corrected chi connectivity index (χ3v) is 4.66. The van der Waals surface area contributed by atoms with Gasteiger partial charge in [0.15, 0.2) is 0 Å². The normalized spacial score (nSPS) is 10.8. The second-order valence-electron chi connectivity index (χ2n) is 4.99. The smallest absolute Gasteiger partial charge is 0.267 e. The Labute approximate surface area is 154 Å². The molecule has 0 atom stereocenters. The number of hydrogen-bond donors (Lipinski definition) is 1. The van der Waals surface area contributed by atoms with E-state index in [0.29, 0.717) is 0 Å². The number of nitrogens with zero attached hydrogens (tertiary/aromatic N) is 2. The Bertz CT molecular complexity index is 900. The molecule has 1 heterocycles. The highest BCUT2D eigenvalue weighted by atomic mass is 35.5. The van der Waals surface area contributed by atoms with Crippen molar-refractivity contribution in [3.63, 3.8) is 0 Å². The molecule has 0 bridgehead atoms. The van der Waals surface area contributed by atoms with Gasteiger partial charge in [-0.15, -0.1) is 0 Å². The summed E-state index contributed by atoms with van der Waals surface area (Å²) in [4.78, 5) is 18.1. The molecule has 0 aliphatic heterocycles. The highest BCUT2D eigenvalue weighted by Crippen LogP contribution is 2.29. The van der Waals surface area contributed by atoms with Gasteiger partial charge < -0.3 is 0 Å². The van der Waals surface area contributed by atoms with Crippen LogP contribution in [0.25, 0.3) is 0 Å². The fourth-order valence-electron chi connectivity index (χ4n) is 2.07. The first-order valence-corrected chi connectivity index (χ1v) is 8.69. The Kier molecular flexibility index (Phi) is 5.82. The van der Waals surface area contributed by atoms with Crippen molar-refractivity contribution in [2.24, 2.45) is 5.10 Å². The van der Waals surface area contributed by atoms with Crippen molar-refractivity contribution in [3.8, 4) is 0 Å². The molecule has 0 radical (unpaired) electrons. The molecule has 124 valence electrons. The van der Waals surface area contributed by atoms with Crippen LogP contribution in [0.4, 0.5) is 0 Å². The third kappa shape index (κ3) is 4.68. The molecule has 0 spiro atoms. The predicted octanol–water partition coefficient (Wildman–Crippen LogP) is 4.65. The molecule has 0 unspecified atom stereocenters. The zero-order valence-corrected chi connectivity index (χ0v) is 14.7. The number of pyridine rings is 1. The molecule has 3 rings (SSSR count). The molecular weight excluding hydrogens is 354 g/mol. The van der Waals surface area contributed by atoms with Crippen molar-refractivity contribution in [1.82, 2.24) is 10.4 Å². The van der Waals surface area contributed by atoms with Crippen LogP contribution in [0.2, 0.25) is 5.15 Å². The molecule has 4 nitrogen and oxygen atoms in total. The lowest BCUT2D eigenvalue weighted by molar-refractivity contribution is 0.0955. The summed E-state index contributed by atoms with van der Waals surface area (Å²) in [5, 5.41) is 4.19. The summed E-state index contributed by atoms with van der Waals surface area (Å²) in [7, 11) is 0. The Morgan fingerprint density at radius 3 is 2.60 bits per heavy atom. The monoisotopic (exact) mass is 367 g/mol. The molecule has 2 aromatic carbocycles. The average Bonchev–Trinajstić information content (AvgIpc) is 2.64. The van der Waals surface area contributed by atoms with Crippen molar-refractivity contribution in [3.05, 3.63) is 89.2 Å². The number of benzene rings is 2. The molecule has 25 heavy (non-hydrogen) atoms. The van der Waals surface area contributed by atoms with Crippen LogP contribution in [0.15, 0.2) is 87.8 Å². The lowest BCUT2D eigenvalue weighted by Crippen LogP contribution is -2.18. The molecule has 6 heteroatoms. The van der Waals surface area contributed by atoms with Gasteiger partial charge in [-0.2, -0.15) is 5.10 Å². The van der Waals surface area contributed by atoms with Gasteiger partial charge in [-0.25, -0.2) is 10.4 Å². The second kappa shape index (κ2) is 8.46. The lowest BCUT2D eigenvalue weighted by Gasteiger charge is -2.05. The summed E-state index contributed by atoms with van der Waals surface area (Å²) < 4.78 is 0. The zero-order valence-electron chi connectivity index (χ0n) is 13.1. The summed E-state index contributed by atoms with van der Waals surface area (Å²) in [6, 6.07) is 21.2. The first-order valence-electron chi connectivity index (χ1n) is 7.50. The number of amides is 1. The highest BCUT2D eigenvalue weighted by Gasteiger charge is 2.09. The standard InChI is InChI=1S/C19H14ClN3OS/c20-18-16(10-6-12-21-18)19(24)23-22-13-14-7-4-5-11-17(14)25-15-8-2-1-3-9-15/h1-13H,(H,23,24). The number of nitrogens with one attached hydrogen (secondary N) is 1. The molecule has 1 amide bonds. The Morgan fingerprint density at radius 1 is 1.04 bits per heavy atom. The molecule has 1 aromatic heterocycles. The maximum atomic E-state index is 12.1. The van der Waals surface area contributed by atoms with Crippen LogP contribution in [-0.2, 0) is 0 Å². The van der Waals surface area contributed by atoms with Crippen molar-refractivity contribution >= 4 is 35.5 Å². The molecular formula is C19H14ClN3OS. The van der Waals surface area contributed by atoms with Crippen molar-refractivity contribution in [2.45, 2.75) is 9.79 Å². The predicted molar refractivity (Wildman–Crippen MR) is 101 cm³/mol. The molecule has 1 N–H and O–H groups in total. The van der Waals surface area contributed by atoms with Gasteiger partial charge in [-0.3, -0.25) is 4.79 Å². The van der Waals surface area contributed by atoms with E-state index in [1.54, 1.807) is 30.1 Å². The molecule has 0 aliphatic rings. The van der Waals surface area contributed by atoms with Crippen LogP contribution in [0.5, 0.6) is 0 Å². The van der Waals surface area contributed by atoms with E-state index in [1.165, 1.54) is 6.20 Å². The average molecular weight is 368 g/mol. The molecule has 3 aromatic rings. The van der Waals surface area contributed by atoms with Crippen LogP contribution < -0.4 is 5.43 Å². The van der Waals surface area contributed by atoms with E-state index in [0.717, 1.165) is 15.4 Å². The summed E-state index contributed by atoms with van der Waals surface area (Å²) >= 11 is 7.54. The number of carbonyl (C=O) groups excluding carboxylic acids is 1. The fraction of sp³-hybridized carbons (Fsp3) is 0. The highest BCUT2D eigenvalue weighted by molar-refractivity contribution is 7.99. The molecule has 0 saturated heterocycles. The first kappa shape index (κ1) is 17.2. The van der Waals surface area contributed by atoms with Crippen molar-refractivity contribution in [2.75, 3.05) is 0 Å². The van der Waals surface area contributed by atoms with E-state index in [2.05, 4.69) is 15.5 Å². The largest absolute Gasteiger partial charge is 0.274 e. The van der Waals surface area contributed by atoms with Gasteiger partial charge >= 0.3 is 0 Å². The number of rotatable bonds is 5. The SMILES string of the molecule is O=C(NN=Cc1ccccc1Sc1ccccc1)c1cccnc1Cl. The van der Waals surface area contributed by atoms with Gasteiger partial charge in [-0.1, -0.05) is 59.8 Å². The quantitative estimate of drug-likeness (QED) is 0.405. The van der Waals surface area contributed by atoms with Crippen LogP contribution in [-0.4, -0.2) is 17.1 Å². The van der Waals surface area contributed by atoms with Crippen molar-refractivity contribution < 1.29 is 4.79 Å². The topological polar surface area (TPSA) is 54.4 Å². The minimum absolute atomic E-state index is 0.148. The third-order valence-electron chi connectivity index (χ3n) is 3.26. The molecule has 0 aliphatic carbocycles. The Morgan fingerprint density at radius 2 is 1.80 bits per heavy atom. The van der Waals surface area contributed by atoms with Gasteiger partial charge in [0.1, 0.15) is 5.15 Å². The van der Waals surface area contributed by atoms with Crippen LogP contribution in [0, 0.1) is 0 Å². The maximum absolute atomic E-state index is 12.1. The Balaban J connectivity index is 1.72. The second-order valence-corrected chi connectivity index (χ2v) is 6.47. The minimum atomic E-state index is -0.400. The van der Waals surface area contributed by atoms with Gasteiger partial charge in [0.05, 0.1) is 11.8 Å². The number of halogens is 1. The number of hydrogen-bond acceptors (Lipinski definition) is 4. The number of carbonyl (C=O) groups is 1. The van der Waals surface area contributed by atoms with Crippen LogP contribution in [0.1, 0.15) is 15.9 Å². The lowest BCUT2D eigenvalue weighted by atomic mass is 10.2. The number of aromatic nitrogens is 1. The van der Waals surface area contributed by atoms with Gasteiger partial charge in [0.25, 0.3) is 5.91 Å². The molecule has 0 saturated carbocycles. The van der Waals surface area contributed by atoms with E-state index in [1.807, 2.05) is 54.6 Å². The van der Waals surface area contributed by atoms with E-state index in [9.17, 15) is 4.79 Å². The van der Waals surface area contributed by atoms with E-state index >= 15 is 0 Å². The maximum Gasteiger partial charge on any atom is 0.274 e. The van der Waals surface area contributed by atoms with Gasteiger partial charge in [0, 0.05) is 21.6 Å². The first-order chi connectivity index (χ1) is 12.2. The van der Waals surface area contributed by atoms with Crippen LogP contribution >= 0.6 is 23.4 Å². The summed E-state index contributed by atoms with van der Waals surface area (Å²) in [5.74, 6) is -0.400. The van der Waals surface area contributed by atoms with E-state index in [4.69, 9.17) is 11.6 Å². The summed E-state index contributed by atoms with van der Waals surface area (Å²) in [6.45, 7) is 0. The Hall–Kier alpha value is -2.63.